The van der Waals surface area contributed by atoms with Crippen molar-refractivity contribution in [3.63, 3.8) is 0 Å². The number of esters is 1. The van der Waals surface area contributed by atoms with Gasteiger partial charge in [-0.1, -0.05) is 56.3 Å². The molecule has 2 bridgehead atoms. The summed E-state index contributed by atoms with van der Waals surface area (Å²) in [6, 6.07) is 3.71. The molecule has 8 nitrogen and oxygen atoms in total. The molecular weight excluding hydrogens is 508 g/mol. The van der Waals surface area contributed by atoms with Crippen molar-refractivity contribution >= 4 is 35.1 Å². The minimum absolute atomic E-state index is 0.0214. The summed E-state index contributed by atoms with van der Waals surface area (Å²) in [7, 11) is 0. The number of hydrogen-bond donors (Lipinski definition) is 1. The van der Waals surface area contributed by atoms with Gasteiger partial charge in [0.2, 0.25) is 5.91 Å². The number of benzene rings is 1. The van der Waals surface area contributed by atoms with Crippen molar-refractivity contribution in [3.05, 3.63) is 54.1 Å². The first-order chi connectivity index (χ1) is 18.1. The first kappa shape index (κ1) is 28.3. The van der Waals surface area contributed by atoms with Gasteiger partial charge in [-0.2, -0.15) is 0 Å². The Hall–Kier alpha value is -2.68. The van der Waals surface area contributed by atoms with E-state index in [-0.39, 0.29) is 37.5 Å². The largest absolute Gasteiger partial charge is 0.461 e. The minimum atomic E-state index is -1.21. The number of fused-ring (bicyclic) bond motifs is 1. The van der Waals surface area contributed by atoms with Crippen molar-refractivity contribution in [1.29, 1.82) is 0 Å². The number of aliphatic hydroxyl groups excluding tert-OH is 1. The van der Waals surface area contributed by atoms with E-state index in [9.17, 15) is 19.5 Å². The predicted molar refractivity (Wildman–Crippen MR) is 145 cm³/mol. The Balaban J connectivity index is 1.84. The average Bonchev–Trinajstić information content (AvgIpc) is 3.52. The topological polar surface area (TPSA) is 96.4 Å². The zero-order valence-electron chi connectivity index (χ0n) is 22.3. The highest BCUT2D eigenvalue weighted by Crippen LogP contribution is 2.59. The third-order valence-electron chi connectivity index (χ3n) is 7.97. The van der Waals surface area contributed by atoms with E-state index >= 15 is 0 Å². The van der Waals surface area contributed by atoms with Crippen molar-refractivity contribution < 1.29 is 29.0 Å². The fraction of sp³-hybridized carbons (Fsp3) is 0.552. The Morgan fingerprint density at radius 3 is 2.68 bits per heavy atom. The van der Waals surface area contributed by atoms with Gasteiger partial charge in [-0.05, 0) is 43.7 Å². The molecule has 0 radical (unpaired) electrons. The molecule has 3 saturated heterocycles. The SMILES string of the molecule is C=CCOC(=O)[C@@H]1[C@H]2C(=O)N([C@@H](CO)CC(C)C)C(C(=O)N(CC=C)c3c(C)cccc3Cl)C23CC[C@H]1O3. The number of hydrogen-bond acceptors (Lipinski definition) is 6. The van der Waals surface area contributed by atoms with E-state index in [1.165, 1.54) is 15.9 Å². The minimum Gasteiger partial charge on any atom is -0.461 e. The Labute approximate surface area is 229 Å². The van der Waals surface area contributed by atoms with Crippen LogP contribution in [0.15, 0.2) is 43.5 Å². The predicted octanol–water partition coefficient (Wildman–Crippen LogP) is 3.68. The van der Waals surface area contributed by atoms with Crippen LogP contribution >= 0.6 is 11.6 Å². The van der Waals surface area contributed by atoms with Gasteiger partial charge in [-0.25, -0.2) is 0 Å². The zero-order chi connectivity index (χ0) is 27.8. The molecule has 6 atom stereocenters. The summed E-state index contributed by atoms with van der Waals surface area (Å²) in [6.07, 6.45) is 4.00. The van der Waals surface area contributed by atoms with E-state index in [0.29, 0.717) is 30.0 Å². The highest BCUT2D eigenvalue weighted by molar-refractivity contribution is 6.34. The van der Waals surface area contributed by atoms with Crippen molar-refractivity contribution in [2.24, 2.45) is 17.8 Å². The molecule has 2 unspecified atom stereocenters. The van der Waals surface area contributed by atoms with Crippen LogP contribution in [0.4, 0.5) is 5.69 Å². The molecule has 4 rings (SSSR count). The van der Waals surface area contributed by atoms with Crippen LogP contribution in [0.3, 0.4) is 0 Å². The van der Waals surface area contributed by atoms with E-state index in [2.05, 4.69) is 13.2 Å². The number of carbonyl (C=O) groups excluding carboxylic acids is 3. The number of halogens is 1. The van der Waals surface area contributed by atoms with Crippen molar-refractivity contribution in [2.75, 3.05) is 24.7 Å². The Kier molecular flexibility index (Phi) is 8.35. The monoisotopic (exact) mass is 544 g/mol. The molecule has 3 aliphatic rings. The molecule has 0 saturated carbocycles. The van der Waals surface area contributed by atoms with Crippen molar-refractivity contribution in [3.8, 4) is 0 Å². The number of anilines is 1. The number of rotatable bonds is 11. The van der Waals surface area contributed by atoms with Gasteiger partial charge in [-0.3, -0.25) is 14.4 Å². The molecule has 0 aromatic heterocycles. The molecule has 9 heteroatoms. The summed E-state index contributed by atoms with van der Waals surface area (Å²) in [5.74, 6) is -2.83. The lowest BCUT2D eigenvalue weighted by Crippen LogP contribution is -2.59. The second-order valence-corrected chi connectivity index (χ2v) is 11.2. The van der Waals surface area contributed by atoms with Gasteiger partial charge in [0.25, 0.3) is 5.91 Å². The number of carbonyl (C=O) groups is 3. The van der Waals surface area contributed by atoms with Gasteiger partial charge >= 0.3 is 5.97 Å². The maximum Gasteiger partial charge on any atom is 0.312 e. The smallest absolute Gasteiger partial charge is 0.312 e. The molecule has 38 heavy (non-hydrogen) atoms. The summed E-state index contributed by atoms with van der Waals surface area (Å²) in [4.78, 5) is 45.0. The number of nitrogens with zero attached hydrogens (tertiary/aromatic N) is 2. The second-order valence-electron chi connectivity index (χ2n) is 10.8. The van der Waals surface area contributed by atoms with Crippen LogP contribution in [0, 0.1) is 24.7 Å². The Bertz CT molecular complexity index is 1100. The molecule has 1 aromatic carbocycles. The molecule has 3 fully saturated rings. The molecule has 1 aromatic rings. The second kappa shape index (κ2) is 11.2. The highest BCUT2D eigenvalue weighted by Gasteiger charge is 2.75. The normalized spacial score (nSPS) is 28.4. The van der Waals surface area contributed by atoms with E-state index in [4.69, 9.17) is 21.1 Å². The lowest BCUT2D eigenvalue weighted by atomic mass is 9.70. The maximum atomic E-state index is 14.6. The number of aryl methyl sites for hydroxylation is 1. The van der Waals surface area contributed by atoms with E-state index in [1.807, 2.05) is 32.9 Å². The fourth-order valence-electron chi connectivity index (χ4n) is 6.62. The third-order valence-corrected chi connectivity index (χ3v) is 8.28. The molecular formula is C29H37ClN2O6. The summed E-state index contributed by atoms with van der Waals surface area (Å²) >= 11 is 6.59. The van der Waals surface area contributed by atoms with Crippen LogP contribution in [0.25, 0.3) is 0 Å². The van der Waals surface area contributed by atoms with Crippen LogP contribution in [-0.4, -0.2) is 71.3 Å². The number of para-hydroxylation sites is 1. The van der Waals surface area contributed by atoms with Crippen LogP contribution in [0.2, 0.25) is 5.02 Å². The van der Waals surface area contributed by atoms with Gasteiger partial charge in [0.1, 0.15) is 18.2 Å². The van der Waals surface area contributed by atoms with Gasteiger partial charge in [0, 0.05) is 6.54 Å². The summed E-state index contributed by atoms with van der Waals surface area (Å²) in [5, 5.41) is 10.8. The van der Waals surface area contributed by atoms with Crippen LogP contribution in [-0.2, 0) is 23.9 Å². The first-order valence-corrected chi connectivity index (χ1v) is 13.6. The molecule has 206 valence electrons. The van der Waals surface area contributed by atoms with E-state index < -0.39 is 41.6 Å². The van der Waals surface area contributed by atoms with Crippen molar-refractivity contribution in [1.82, 2.24) is 4.90 Å². The lowest BCUT2D eigenvalue weighted by Gasteiger charge is -2.40. The molecule has 1 spiro atoms. The summed E-state index contributed by atoms with van der Waals surface area (Å²) in [5.41, 5.74) is 0.113. The average molecular weight is 545 g/mol. The lowest BCUT2D eigenvalue weighted by molar-refractivity contribution is -0.155. The Morgan fingerprint density at radius 2 is 2.08 bits per heavy atom. The molecule has 3 aliphatic heterocycles. The summed E-state index contributed by atoms with van der Waals surface area (Å²) < 4.78 is 11.8. The van der Waals surface area contributed by atoms with Gasteiger partial charge in [0.05, 0.1) is 41.3 Å². The van der Waals surface area contributed by atoms with E-state index in [0.717, 1.165) is 5.56 Å². The molecule has 3 heterocycles. The van der Waals surface area contributed by atoms with Gasteiger partial charge in [-0.15, -0.1) is 6.58 Å². The summed E-state index contributed by atoms with van der Waals surface area (Å²) in [6.45, 7) is 13.1. The van der Waals surface area contributed by atoms with E-state index in [1.54, 1.807) is 12.1 Å². The quantitative estimate of drug-likeness (QED) is 0.337. The fourth-order valence-corrected chi connectivity index (χ4v) is 6.95. The number of aliphatic hydroxyl groups is 1. The standard InChI is InChI=1S/C29H37ClN2O6/c1-6-13-31(24-18(5)9-8-10-20(24)30)27(35)25-29-12-11-21(38-29)22(28(36)37-14-7-2)23(29)26(34)32(25)19(16-33)15-17(3)4/h6-10,17,19,21-23,25,33H,1-2,11-16H2,3-5H3/t19-,21-,22+,23+,25?,29?/m1/s1. The number of ether oxygens (including phenoxy) is 2. The zero-order valence-corrected chi connectivity index (χ0v) is 23.0. The highest BCUT2D eigenvalue weighted by atomic mass is 35.5. The maximum absolute atomic E-state index is 14.6. The number of amides is 2. The Morgan fingerprint density at radius 1 is 1.34 bits per heavy atom. The third kappa shape index (κ3) is 4.56. The van der Waals surface area contributed by atoms with Gasteiger partial charge in [0.15, 0.2) is 0 Å². The molecule has 2 amide bonds. The molecule has 0 aliphatic carbocycles. The van der Waals surface area contributed by atoms with Crippen molar-refractivity contribution in [2.45, 2.75) is 63.8 Å². The molecule has 1 N–H and O–H groups in total. The first-order valence-electron chi connectivity index (χ1n) is 13.2. The van der Waals surface area contributed by atoms with Crippen LogP contribution < -0.4 is 4.90 Å². The number of likely N-dealkylation sites (tertiary alicyclic amines) is 1. The van der Waals surface area contributed by atoms with Crippen LogP contribution in [0.1, 0.15) is 38.7 Å². The van der Waals surface area contributed by atoms with Crippen LogP contribution in [0.5, 0.6) is 0 Å². The van der Waals surface area contributed by atoms with Gasteiger partial charge < -0.3 is 24.4 Å².